The third kappa shape index (κ3) is 6.57. The van der Waals surface area contributed by atoms with Crippen molar-refractivity contribution < 1.29 is 31.1 Å². The molecule has 3 aromatic rings. The van der Waals surface area contributed by atoms with Crippen molar-refractivity contribution in [3.63, 3.8) is 0 Å². The topological polar surface area (TPSA) is 82.2 Å². The molecule has 174 valence electrons. The molecular formula is C20H14BrF6N5O. The van der Waals surface area contributed by atoms with Gasteiger partial charge in [0.15, 0.2) is 0 Å². The maximum absolute atomic E-state index is 13.1. The molecule has 0 aliphatic rings. The largest absolute Gasteiger partial charge is 0.416 e. The van der Waals surface area contributed by atoms with E-state index in [1.807, 2.05) is 0 Å². The fourth-order valence-corrected chi connectivity index (χ4v) is 3.02. The molecule has 2 aromatic carbocycles. The average Bonchev–Trinajstić information content (AvgIpc) is 3.14. The minimum Gasteiger partial charge on any atom is -0.307 e. The van der Waals surface area contributed by atoms with Crippen molar-refractivity contribution in [2.24, 2.45) is 5.10 Å². The number of carbonyl (C=O) groups is 1. The second kappa shape index (κ2) is 9.65. The maximum Gasteiger partial charge on any atom is 0.416 e. The van der Waals surface area contributed by atoms with Gasteiger partial charge in [0, 0.05) is 12.1 Å². The molecule has 2 amide bonds. The fraction of sp³-hybridized carbons (Fsp3) is 0.150. The Bertz CT molecular complexity index is 1150. The lowest BCUT2D eigenvalue weighted by molar-refractivity contribution is -0.138. The number of amides is 2. The Kier molecular flexibility index (Phi) is 7.10. The Labute approximate surface area is 191 Å². The minimum atomic E-state index is -4.58. The zero-order valence-electron chi connectivity index (χ0n) is 16.4. The summed E-state index contributed by atoms with van der Waals surface area (Å²) < 4.78 is 77.8. The van der Waals surface area contributed by atoms with Crippen molar-refractivity contribution in [3.8, 4) is 0 Å². The molecule has 1 aromatic heterocycles. The number of benzene rings is 2. The molecule has 33 heavy (non-hydrogen) atoms. The summed E-state index contributed by atoms with van der Waals surface area (Å²) in [5, 5.41) is 12.7. The highest BCUT2D eigenvalue weighted by atomic mass is 79.9. The van der Waals surface area contributed by atoms with Gasteiger partial charge in [-0.15, -0.1) is 0 Å². The number of aromatic nitrogens is 2. The van der Waals surface area contributed by atoms with E-state index in [9.17, 15) is 31.1 Å². The standard InChI is InChI=1S/C20H14BrF6N5O/c21-15-10-28-30-17(15)9-16(11-2-1-3-13(8-11)20(25,26)27)31-32-18(33)29-14-6-4-12(5-7-14)19(22,23)24/h1-8,10H,9H2,(H,28,30)(H2,29,32,33)/b31-16-. The average molecular weight is 534 g/mol. The summed E-state index contributed by atoms with van der Waals surface area (Å²) in [5.41, 5.74) is 1.10. The van der Waals surface area contributed by atoms with E-state index >= 15 is 0 Å². The van der Waals surface area contributed by atoms with E-state index in [1.54, 1.807) is 0 Å². The highest BCUT2D eigenvalue weighted by molar-refractivity contribution is 9.10. The van der Waals surface area contributed by atoms with E-state index in [0.29, 0.717) is 10.2 Å². The molecule has 0 atom stereocenters. The lowest BCUT2D eigenvalue weighted by Crippen LogP contribution is -2.26. The zero-order valence-corrected chi connectivity index (χ0v) is 17.9. The van der Waals surface area contributed by atoms with Crippen LogP contribution >= 0.6 is 15.9 Å². The second-order valence-corrected chi connectivity index (χ2v) is 7.51. The first-order valence-electron chi connectivity index (χ1n) is 9.09. The number of carbonyl (C=O) groups excluding carboxylic acids is 1. The Balaban J connectivity index is 1.81. The number of H-pyrrole nitrogens is 1. The third-order valence-electron chi connectivity index (χ3n) is 4.30. The minimum absolute atomic E-state index is 0.0115. The predicted molar refractivity (Wildman–Crippen MR) is 112 cm³/mol. The summed E-state index contributed by atoms with van der Waals surface area (Å²) >= 11 is 3.25. The first-order chi connectivity index (χ1) is 15.4. The highest BCUT2D eigenvalue weighted by Gasteiger charge is 2.31. The summed E-state index contributed by atoms with van der Waals surface area (Å²) in [7, 11) is 0. The molecule has 13 heteroatoms. The molecule has 0 aliphatic carbocycles. The molecule has 0 aliphatic heterocycles. The van der Waals surface area contributed by atoms with Crippen molar-refractivity contribution in [3.05, 3.63) is 81.6 Å². The summed E-state index contributed by atoms with van der Waals surface area (Å²) in [4.78, 5) is 12.2. The Hall–Kier alpha value is -3.35. The van der Waals surface area contributed by atoms with Crippen molar-refractivity contribution >= 4 is 33.4 Å². The van der Waals surface area contributed by atoms with Gasteiger partial charge in [-0.25, -0.2) is 10.2 Å². The molecule has 1 heterocycles. The van der Waals surface area contributed by atoms with Crippen LogP contribution in [-0.2, 0) is 18.8 Å². The van der Waals surface area contributed by atoms with E-state index in [2.05, 4.69) is 42.0 Å². The quantitative estimate of drug-likeness (QED) is 0.214. The van der Waals surface area contributed by atoms with Crippen molar-refractivity contribution in [1.82, 2.24) is 15.6 Å². The van der Waals surface area contributed by atoms with Gasteiger partial charge in [0.2, 0.25) is 0 Å². The van der Waals surface area contributed by atoms with Crippen LogP contribution in [0.5, 0.6) is 0 Å². The van der Waals surface area contributed by atoms with Gasteiger partial charge >= 0.3 is 18.4 Å². The van der Waals surface area contributed by atoms with Crippen LogP contribution in [0.2, 0.25) is 0 Å². The summed E-state index contributed by atoms with van der Waals surface area (Å²) in [6.45, 7) is 0. The van der Waals surface area contributed by atoms with Crippen LogP contribution in [0.1, 0.15) is 22.4 Å². The van der Waals surface area contributed by atoms with Gasteiger partial charge in [-0.2, -0.15) is 36.5 Å². The molecule has 0 saturated heterocycles. The second-order valence-electron chi connectivity index (χ2n) is 6.65. The molecule has 0 fully saturated rings. The molecule has 0 radical (unpaired) electrons. The number of nitrogens with one attached hydrogen (secondary N) is 3. The van der Waals surface area contributed by atoms with Crippen molar-refractivity contribution in [2.75, 3.05) is 5.32 Å². The van der Waals surface area contributed by atoms with Gasteiger partial charge in [-0.3, -0.25) is 5.10 Å². The van der Waals surface area contributed by atoms with Gasteiger partial charge in [0.05, 0.1) is 33.2 Å². The van der Waals surface area contributed by atoms with Gasteiger partial charge in [0.25, 0.3) is 0 Å². The van der Waals surface area contributed by atoms with E-state index in [-0.39, 0.29) is 23.4 Å². The van der Waals surface area contributed by atoms with Crippen LogP contribution in [0.4, 0.5) is 36.8 Å². The van der Waals surface area contributed by atoms with E-state index in [4.69, 9.17) is 0 Å². The summed E-state index contributed by atoms with van der Waals surface area (Å²) in [5.74, 6) is 0. The molecular weight excluding hydrogens is 520 g/mol. The first kappa shape index (κ1) is 24.3. The first-order valence-corrected chi connectivity index (χ1v) is 9.89. The number of alkyl halides is 6. The molecule has 0 saturated carbocycles. The monoisotopic (exact) mass is 533 g/mol. The third-order valence-corrected chi connectivity index (χ3v) is 4.98. The normalized spacial score (nSPS) is 12.5. The molecule has 3 rings (SSSR count). The Morgan fingerprint density at radius 1 is 1.00 bits per heavy atom. The number of hydrazone groups is 1. The van der Waals surface area contributed by atoms with Crippen LogP contribution in [0.15, 0.2) is 64.3 Å². The van der Waals surface area contributed by atoms with Gasteiger partial charge < -0.3 is 5.32 Å². The number of nitrogens with zero attached hydrogens (tertiary/aromatic N) is 2. The van der Waals surface area contributed by atoms with Gasteiger partial charge in [0.1, 0.15) is 0 Å². The molecule has 3 N–H and O–H groups in total. The molecule has 0 bridgehead atoms. The smallest absolute Gasteiger partial charge is 0.307 e. The Morgan fingerprint density at radius 2 is 1.67 bits per heavy atom. The van der Waals surface area contributed by atoms with E-state index < -0.39 is 29.5 Å². The fourth-order valence-electron chi connectivity index (χ4n) is 2.69. The lowest BCUT2D eigenvalue weighted by Gasteiger charge is -2.12. The van der Waals surface area contributed by atoms with Gasteiger partial charge in [-0.05, 0) is 57.9 Å². The lowest BCUT2D eigenvalue weighted by atomic mass is 10.0. The van der Waals surface area contributed by atoms with Gasteiger partial charge in [-0.1, -0.05) is 12.1 Å². The summed E-state index contributed by atoms with van der Waals surface area (Å²) in [6.07, 6.45) is -7.67. The van der Waals surface area contributed by atoms with Crippen molar-refractivity contribution in [1.29, 1.82) is 0 Å². The van der Waals surface area contributed by atoms with Crippen LogP contribution in [-0.4, -0.2) is 21.9 Å². The molecule has 0 spiro atoms. The number of hydrogen-bond acceptors (Lipinski definition) is 3. The van der Waals surface area contributed by atoms with Crippen LogP contribution in [0, 0.1) is 0 Å². The number of aromatic amines is 1. The van der Waals surface area contributed by atoms with E-state index in [1.165, 1.54) is 18.3 Å². The van der Waals surface area contributed by atoms with E-state index in [0.717, 1.165) is 36.4 Å². The Morgan fingerprint density at radius 3 is 2.24 bits per heavy atom. The molecule has 0 unspecified atom stereocenters. The van der Waals surface area contributed by atoms with Crippen LogP contribution in [0.25, 0.3) is 0 Å². The van der Waals surface area contributed by atoms with Crippen LogP contribution < -0.4 is 10.7 Å². The number of rotatable bonds is 5. The number of hydrogen-bond donors (Lipinski definition) is 3. The summed E-state index contributed by atoms with van der Waals surface area (Å²) in [6, 6.07) is 7.19. The number of halogens is 7. The zero-order chi connectivity index (χ0) is 24.2. The predicted octanol–water partition coefficient (Wildman–Crippen LogP) is 5.98. The number of urea groups is 1. The maximum atomic E-state index is 13.1. The number of anilines is 1. The van der Waals surface area contributed by atoms with Crippen molar-refractivity contribution in [2.45, 2.75) is 18.8 Å². The van der Waals surface area contributed by atoms with Crippen LogP contribution in [0.3, 0.4) is 0 Å². The molecule has 6 nitrogen and oxygen atoms in total. The highest BCUT2D eigenvalue weighted by Crippen LogP contribution is 2.31. The SMILES string of the molecule is O=C(N/N=C(/Cc1[nH]ncc1Br)c1cccc(C(F)(F)F)c1)Nc1ccc(C(F)(F)F)cc1.